The highest BCUT2D eigenvalue weighted by Gasteiger charge is 2.08. The summed E-state index contributed by atoms with van der Waals surface area (Å²) in [7, 11) is 3.47. The van der Waals surface area contributed by atoms with Gasteiger partial charge in [0.2, 0.25) is 0 Å². The first-order valence-corrected chi connectivity index (χ1v) is 7.93. The number of rotatable bonds is 4. The van der Waals surface area contributed by atoms with Gasteiger partial charge in [0.25, 0.3) is 5.91 Å². The minimum Gasteiger partial charge on any atom is -0.380 e. The van der Waals surface area contributed by atoms with E-state index in [1.807, 2.05) is 48.5 Å². The van der Waals surface area contributed by atoms with Gasteiger partial charge in [-0.1, -0.05) is 30.3 Å². The molecule has 3 aromatic rings. The highest BCUT2D eigenvalue weighted by Crippen LogP contribution is 2.23. The molecule has 5 heteroatoms. The van der Waals surface area contributed by atoms with Crippen LogP contribution in [0.5, 0.6) is 0 Å². The lowest BCUT2D eigenvalue weighted by molar-refractivity contribution is 0.0827. The van der Waals surface area contributed by atoms with Gasteiger partial charge in [0.1, 0.15) is 11.8 Å². The van der Waals surface area contributed by atoms with Crippen molar-refractivity contribution < 1.29 is 4.79 Å². The number of carbonyl (C=O) groups excluding carboxylic acids is 1. The van der Waals surface area contributed by atoms with Crippen LogP contribution in [-0.2, 0) is 6.54 Å². The zero-order chi connectivity index (χ0) is 17.8. The number of benzene rings is 2. The Balaban J connectivity index is 1.81. The number of para-hydroxylation sites is 1. The first-order valence-electron chi connectivity index (χ1n) is 7.93. The molecule has 0 fully saturated rings. The molecular weight excluding hydrogens is 312 g/mol. The molecule has 5 nitrogen and oxygen atoms in total. The maximum absolute atomic E-state index is 11.9. The monoisotopic (exact) mass is 330 g/mol. The maximum Gasteiger partial charge on any atom is 0.253 e. The molecule has 3 rings (SSSR count). The van der Waals surface area contributed by atoms with Crippen LogP contribution in [0.2, 0.25) is 0 Å². The van der Waals surface area contributed by atoms with Gasteiger partial charge in [0, 0.05) is 37.3 Å². The van der Waals surface area contributed by atoms with Crippen molar-refractivity contribution in [1.29, 1.82) is 5.26 Å². The van der Waals surface area contributed by atoms with Gasteiger partial charge in [-0.2, -0.15) is 5.26 Å². The first kappa shape index (κ1) is 16.5. The number of nitrogens with one attached hydrogen (secondary N) is 1. The van der Waals surface area contributed by atoms with E-state index in [1.54, 1.807) is 25.1 Å². The van der Waals surface area contributed by atoms with Gasteiger partial charge >= 0.3 is 0 Å². The molecule has 0 saturated heterocycles. The Labute approximate surface area is 146 Å². The van der Waals surface area contributed by atoms with E-state index in [1.165, 1.54) is 0 Å². The zero-order valence-electron chi connectivity index (χ0n) is 14.2. The van der Waals surface area contributed by atoms with Crippen molar-refractivity contribution >= 4 is 22.5 Å². The summed E-state index contributed by atoms with van der Waals surface area (Å²) in [6, 6.07) is 19.1. The fourth-order valence-electron chi connectivity index (χ4n) is 2.60. The number of anilines is 1. The molecular formula is C20H18N4O. The van der Waals surface area contributed by atoms with Crippen LogP contribution in [-0.4, -0.2) is 29.9 Å². The Morgan fingerprint density at radius 1 is 1.16 bits per heavy atom. The number of aromatic nitrogens is 1. The Morgan fingerprint density at radius 2 is 1.88 bits per heavy atom. The van der Waals surface area contributed by atoms with E-state index in [0.717, 1.165) is 22.2 Å². The number of carbonyl (C=O) groups is 1. The number of nitrogens with zero attached hydrogens (tertiary/aromatic N) is 3. The molecule has 1 amide bonds. The molecule has 0 spiro atoms. The molecule has 0 aliphatic carbocycles. The molecule has 1 N–H and O–H groups in total. The second kappa shape index (κ2) is 7.02. The van der Waals surface area contributed by atoms with Crippen LogP contribution in [0, 0.1) is 11.3 Å². The predicted octanol–water partition coefficient (Wildman–Crippen LogP) is 3.42. The minimum atomic E-state index is -0.0155. The van der Waals surface area contributed by atoms with Crippen LogP contribution in [0.3, 0.4) is 0 Å². The molecule has 0 atom stereocenters. The largest absolute Gasteiger partial charge is 0.380 e. The zero-order valence-corrected chi connectivity index (χ0v) is 14.2. The Hall–Kier alpha value is -3.39. The molecule has 0 unspecified atom stereocenters. The van der Waals surface area contributed by atoms with Crippen LogP contribution >= 0.6 is 0 Å². The highest BCUT2D eigenvalue weighted by atomic mass is 16.2. The summed E-state index contributed by atoms with van der Waals surface area (Å²) in [5.41, 5.74) is 3.75. The number of pyridine rings is 1. The van der Waals surface area contributed by atoms with Gasteiger partial charge < -0.3 is 10.2 Å². The van der Waals surface area contributed by atoms with Crippen molar-refractivity contribution in [1.82, 2.24) is 9.88 Å². The Kier molecular flexibility index (Phi) is 4.62. The number of hydrogen-bond acceptors (Lipinski definition) is 4. The second-order valence-corrected chi connectivity index (χ2v) is 5.93. The third kappa shape index (κ3) is 3.59. The molecule has 124 valence electrons. The Morgan fingerprint density at radius 3 is 2.56 bits per heavy atom. The molecule has 2 aromatic carbocycles. The molecule has 0 aliphatic rings. The van der Waals surface area contributed by atoms with Gasteiger partial charge in [-0.25, -0.2) is 4.98 Å². The molecule has 1 aromatic heterocycles. The standard InChI is InChI=1S/C20H18N4O/c1-24(2)20(25)15-9-7-14(8-10-15)13-22-19-11-16(12-21)23-18-6-4-3-5-17(18)19/h3-11H,13H2,1-2H3,(H,22,23). The molecule has 0 aliphatic heterocycles. The summed E-state index contributed by atoms with van der Waals surface area (Å²) < 4.78 is 0. The fraction of sp³-hybridized carbons (Fsp3) is 0.150. The van der Waals surface area contributed by atoms with Gasteiger partial charge in [-0.3, -0.25) is 4.79 Å². The summed E-state index contributed by atoms with van der Waals surface area (Å²) in [5, 5.41) is 13.5. The van der Waals surface area contributed by atoms with Crippen LogP contribution in [0.15, 0.2) is 54.6 Å². The number of fused-ring (bicyclic) bond motifs is 1. The van der Waals surface area contributed by atoms with E-state index < -0.39 is 0 Å². The quantitative estimate of drug-likeness (QED) is 0.796. The smallest absolute Gasteiger partial charge is 0.253 e. The highest BCUT2D eigenvalue weighted by molar-refractivity contribution is 5.94. The summed E-state index contributed by atoms with van der Waals surface area (Å²) in [4.78, 5) is 17.8. The number of nitriles is 1. The summed E-state index contributed by atoms with van der Waals surface area (Å²) >= 11 is 0. The van der Waals surface area contributed by atoms with Crippen molar-refractivity contribution in [2.45, 2.75) is 6.54 Å². The second-order valence-electron chi connectivity index (χ2n) is 5.93. The van der Waals surface area contributed by atoms with E-state index >= 15 is 0 Å². The summed E-state index contributed by atoms with van der Waals surface area (Å²) in [6.07, 6.45) is 0. The average molecular weight is 330 g/mol. The Bertz CT molecular complexity index is 956. The van der Waals surface area contributed by atoms with Crippen LogP contribution in [0.4, 0.5) is 5.69 Å². The van der Waals surface area contributed by atoms with E-state index in [9.17, 15) is 4.79 Å². The maximum atomic E-state index is 11.9. The van der Waals surface area contributed by atoms with Crippen LogP contribution < -0.4 is 5.32 Å². The molecule has 0 saturated carbocycles. The molecule has 0 bridgehead atoms. The third-order valence-corrected chi connectivity index (χ3v) is 3.92. The lowest BCUT2D eigenvalue weighted by Gasteiger charge is -2.12. The van der Waals surface area contributed by atoms with Gasteiger partial charge in [-0.05, 0) is 29.8 Å². The fourth-order valence-corrected chi connectivity index (χ4v) is 2.60. The predicted molar refractivity (Wildman–Crippen MR) is 98.2 cm³/mol. The van der Waals surface area contributed by atoms with E-state index in [2.05, 4.69) is 16.4 Å². The number of amides is 1. The molecule has 25 heavy (non-hydrogen) atoms. The van der Waals surface area contributed by atoms with Crippen molar-refractivity contribution in [3.8, 4) is 6.07 Å². The minimum absolute atomic E-state index is 0.0155. The lowest BCUT2D eigenvalue weighted by Crippen LogP contribution is -2.21. The third-order valence-electron chi connectivity index (χ3n) is 3.92. The number of hydrogen-bond donors (Lipinski definition) is 1. The summed E-state index contributed by atoms with van der Waals surface area (Å²) in [6.45, 7) is 0.593. The van der Waals surface area contributed by atoms with Crippen molar-refractivity contribution in [2.24, 2.45) is 0 Å². The molecule has 0 radical (unpaired) electrons. The SMILES string of the molecule is CN(C)C(=O)c1ccc(CNc2cc(C#N)nc3ccccc23)cc1. The van der Waals surface area contributed by atoms with Gasteiger partial charge in [-0.15, -0.1) is 0 Å². The van der Waals surface area contributed by atoms with E-state index in [4.69, 9.17) is 5.26 Å². The van der Waals surface area contributed by atoms with Crippen molar-refractivity contribution in [3.63, 3.8) is 0 Å². The van der Waals surface area contributed by atoms with E-state index in [-0.39, 0.29) is 5.91 Å². The normalized spacial score (nSPS) is 10.3. The molecule has 1 heterocycles. The van der Waals surface area contributed by atoms with Gasteiger partial charge in [0.15, 0.2) is 0 Å². The first-order chi connectivity index (χ1) is 12.1. The van der Waals surface area contributed by atoms with Crippen LogP contribution in [0.1, 0.15) is 21.6 Å². The topological polar surface area (TPSA) is 69.0 Å². The van der Waals surface area contributed by atoms with Crippen molar-refractivity contribution in [2.75, 3.05) is 19.4 Å². The van der Waals surface area contributed by atoms with Gasteiger partial charge in [0.05, 0.1) is 5.52 Å². The van der Waals surface area contributed by atoms with E-state index in [0.29, 0.717) is 17.8 Å². The van der Waals surface area contributed by atoms with Crippen molar-refractivity contribution in [3.05, 3.63) is 71.4 Å². The van der Waals surface area contributed by atoms with Crippen LogP contribution in [0.25, 0.3) is 10.9 Å². The summed E-state index contributed by atoms with van der Waals surface area (Å²) in [5.74, 6) is -0.0155. The average Bonchev–Trinajstić information content (AvgIpc) is 2.65. The lowest BCUT2D eigenvalue weighted by atomic mass is 10.1.